The fourth-order valence-corrected chi connectivity index (χ4v) is 3.51. The molecule has 0 aromatic rings. The molecule has 0 atom stereocenters. The molecule has 1 heterocycles. The molecule has 11 heavy (non-hydrogen) atoms. The molecule has 66 valence electrons. The van der Waals surface area contributed by atoms with Gasteiger partial charge in [-0.3, -0.25) is 0 Å². The van der Waals surface area contributed by atoms with Crippen LogP contribution in [-0.2, 0) is 20.9 Å². The van der Waals surface area contributed by atoms with Crippen molar-refractivity contribution in [3.8, 4) is 0 Å². The van der Waals surface area contributed by atoms with E-state index in [1.807, 2.05) is 27.7 Å². The molecule has 0 aliphatic carbocycles. The van der Waals surface area contributed by atoms with Crippen molar-refractivity contribution in [3.05, 3.63) is 0 Å². The fraction of sp³-hybridized carbons (Fsp3) is 1.00. The molecule has 0 aromatic heterocycles. The number of rotatable bonds is 0. The van der Waals surface area contributed by atoms with Gasteiger partial charge in [-0.05, 0) is 27.7 Å². The third-order valence-electron chi connectivity index (χ3n) is 2.13. The van der Waals surface area contributed by atoms with Gasteiger partial charge >= 0.3 is 0 Å². The SMILES string of the molecule is CC1(C)OP([O-])(=S)OC1(C)C. The van der Waals surface area contributed by atoms with Crippen molar-refractivity contribution in [2.45, 2.75) is 38.9 Å². The van der Waals surface area contributed by atoms with Crippen molar-refractivity contribution in [1.29, 1.82) is 0 Å². The van der Waals surface area contributed by atoms with E-state index in [1.54, 1.807) is 0 Å². The van der Waals surface area contributed by atoms with Crippen molar-refractivity contribution >= 4 is 18.5 Å². The summed E-state index contributed by atoms with van der Waals surface area (Å²) in [5.74, 6) is 0. The highest BCUT2D eigenvalue weighted by Crippen LogP contribution is 2.58. The summed E-state index contributed by atoms with van der Waals surface area (Å²) >= 11 is 4.62. The van der Waals surface area contributed by atoms with Gasteiger partial charge in [0.15, 0.2) is 0 Å². The normalized spacial score (nSPS) is 32.1. The van der Waals surface area contributed by atoms with E-state index in [-0.39, 0.29) is 0 Å². The monoisotopic (exact) mass is 195 g/mol. The predicted molar refractivity (Wildman–Crippen MR) is 44.6 cm³/mol. The fourth-order valence-electron chi connectivity index (χ4n) is 0.797. The average molecular weight is 195 g/mol. The standard InChI is InChI=1S/C6H13O3PS/c1-5(2)6(3,4)9-10(7,11)8-5/h1-4H3,(H,7,11)/p-1. The molecule has 1 fully saturated rings. The first-order valence-electron chi connectivity index (χ1n) is 3.39. The smallest absolute Gasteiger partial charge is 0.117 e. The zero-order chi connectivity index (χ0) is 8.91. The lowest BCUT2D eigenvalue weighted by molar-refractivity contribution is -0.199. The molecule has 1 saturated heterocycles. The Balaban J connectivity index is 2.98. The second-order valence-corrected chi connectivity index (χ2v) is 6.25. The summed E-state index contributed by atoms with van der Waals surface area (Å²) in [4.78, 5) is 11.2. The lowest BCUT2D eigenvalue weighted by Gasteiger charge is -2.29. The third kappa shape index (κ3) is 1.65. The highest BCUT2D eigenvalue weighted by atomic mass is 32.5. The van der Waals surface area contributed by atoms with Crippen LogP contribution in [0.3, 0.4) is 0 Å². The van der Waals surface area contributed by atoms with Gasteiger partial charge in [0.2, 0.25) is 0 Å². The third-order valence-corrected chi connectivity index (χ3v) is 3.94. The summed E-state index contributed by atoms with van der Waals surface area (Å²) in [5.41, 5.74) is -1.13. The Kier molecular flexibility index (Phi) is 1.98. The van der Waals surface area contributed by atoms with Gasteiger partial charge in [0.05, 0.1) is 11.2 Å². The van der Waals surface area contributed by atoms with E-state index in [4.69, 9.17) is 9.05 Å². The van der Waals surface area contributed by atoms with Crippen LogP contribution < -0.4 is 4.89 Å². The van der Waals surface area contributed by atoms with E-state index in [2.05, 4.69) is 11.8 Å². The Bertz CT molecular complexity index is 204. The van der Waals surface area contributed by atoms with Gasteiger partial charge < -0.3 is 13.9 Å². The number of hydrogen-bond donors (Lipinski definition) is 0. The largest absolute Gasteiger partial charge is 0.780 e. The molecule has 5 heteroatoms. The molecule has 0 spiro atoms. The molecular formula is C6H12O3PS-. The molecule has 0 radical (unpaired) electrons. The van der Waals surface area contributed by atoms with Crippen LogP contribution >= 0.6 is 6.72 Å². The highest BCUT2D eigenvalue weighted by molar-refractivity contribution is 8.06. The summed E-state index contributed by atoms with van der Waals surface area (Å²) in [5, 5.41) is 0. The van der Waals surface area contributed by atoms with Crippen LogP contribution in [-0.4, -0.2) is 11.2 Å². The molecule has 0 aromatic carbocycles. The Labute approximate surface area is 72.0 Å². The van der Waals surface area contributed by atoms with Crippen LogP contribution in [0.4, 0.5) is 0 Å². The van der Waals surface area contributed by atoms with Gasteiger partial charge in [-0.25, -0.2) is 0 Å². The van der Waals surface area contributed by atoms with Crippen molar-refractivity contribution in [3.63, 3.8) is 0 Å². The minimum Gasteiger partial charge on any atom is -0.780 e. The maximum atomic E-state index is 11.2. The first kappa shape index (κ1) is 9.62. The maximum absolute atomic E-state index is 11.2. The van der Waals surface area contributed by atoms with Crippen LogP contribution in [0, 0.1) is 0 Å². The van der Waals surface area contributed by atoms with Gasteiger partial charge in [-0.15, -0.1) is 0 Å². The van der Waals surface area contributed by atoms with Gasteiger partial charge in [0.25, 0.3) is 0 Å². The Morgan fingerprint density at radius 2 is 1.36 bits per heavy atom. The Morgan fingerprint density at radius 3 is 1.45 bits per heavy atom. The topological polar surface area (TPSA) is 41.5 Å². The minimum atomic E-state index is -3.20. The second kappa shape index (κ2) is 2.27. The van der Waals surface area contributed by atoms with Crippen molar-refractivity contribution in [1.82, 2.24) is 0 Å². The summed E-state index contributed by atoms with van der Waals surface area (Å²) < 4.78 is 10.2. The van der Waals surface area contributed by atoms with Crippen molar-refractivity contribution in [2.75, 3.05) is 0 Å². The van der Waals surface area contributed by atoms with Crippen LogP contribution in [0.15, 0.2) is 0 Å². The van der Waals surface area contributed by atoms with Crippen LogP contribution in [0.1, 0.15) is 27.7 Å². The quantitative estimate of drug-likeness (QED) is 0.544. The lowest BCUT2D eigenvalue weighted by Crippen LogP contribution is -2.41. The zero-order valence-corrected chi connectivity index (χ0v) is 8.79. The molecule has 0 saturated carbocycles. The van der Waals surface area contributed by atoms with E-state index in [0.717, 1.165) is 0 Å². The predicted octanol–water partition coefficient (Wildman–Crippen LogP) is 1.18. The molecule has 3 nitrogen and oxygen atoms in total. The summed E-state index contributed by atoms with van der Waals surface area (Å²) in [7, 11) is 0. The van der Waals surface area contributed by atoms with Gasteiger partial charge in [0.1, 0.15) is 6.72 Å². The molecule has 1 rings (SSSR count). The van der Waals surface area contributed by atoms with Crippen LogP contribution in [0.2, 0.25) is 0 Å². The Hall–Kier alpha value is 0.530. The van der Waals surface area contributed by atoms with E-state index >= 15 is 0 Å². The second-order valence-electron chi connectivity index (χ2n) is 3.65. The molecule has 0 N–H and O–H groups in total. The van der Waals surface area contributed by atoms with Gasteiger partial charge in [-0.2, -0.15) is 0 Å². The summed E-state index contributed by atoms with van der Waals surface area (Å²) in [6.07, 6.45) is 0. The first-order valence-corrected chi connectivity index (χ1v) is 5.94. The minimum absolute atomic E-state index is 0.565. The lowest BCUT2D eigenvalue weighted by atomic mass is 9.90. The molecule has 0 bridgehead atoms. The van der Waals surface area contributed by atoms with Crippen LogP contribution in [0.25, 0.3) is 0 Å². The summed E-state index contributed by atoms with van der Waals surface area (Å²) in [6.45, 7) is 4.07. The first-order chi connectivity index (χ1) is 4.66. The van der Waals surface area contributed by atoms with Gasteiger partial charge in [-0.1, -0.05) is 11.8 Å². The van der Waals surface area contributed by atoms with Gasteiger partial charge in [0, 0.05) is 0 Å². The molecule has 0 unspecified atom stereocenters. The molecule has 1 aliphatic heterocycles. The van der Waals surface area contributed by atoms with E-state index in [0.29, 0.717) is 0 Å². The molecule has 1 aliphatic rings. The average Bonchev–Trinajstić information content (AvgIpc) is 1.66. The Morgan fingerprint density at radius 1 is 1.09 bits per heavy atom. The molecule has 0 amide bonds. The van der Waals surface area contributed by atoms with E-state index in [1.165, 1.54) is 0 Å². The van der Waals surface area contributed by atoms with Crippen molar-refractivity contribution in [2.24, 2.45) is 0 Å². The number of hydrogen-bond acceptors (Lipinski definition) is 4. The highest BCUT2D eigenvalue weighted by Gasteiger charge is 2.48. The van der Waals surface area contributed by atoms with E-state index < -0.39 is 17.9 Å². The van der Waals surface area contributed by atoms with Crippen molar-refractivity contribution < 1.29 is 13.9 Å². The van der Waals surface area contributed by atoms with Crippen LogP contribution in [0.5, 0.6) is 0 Å². The summed E-state index contributed by atoms with van der Waals surface area (Å²) in [6, 6.07) is 0. The van der Waals surface area contributed by atoms with E-state index in [9.17, 15) is 4.89 Å². The maximum Gasteiger partial charge on any atom is 0.117 e. The molecular weight excluding hydrogens is 183 g/mol. The zero-order valence-electron chi connectivity index (χ0n) is 7.08.